The van der Waals surface area contributed by atoms with Gasteiger partial charge in [-0.15, -0.1) is 0 Å². The summed E-state index contributed by atoms with van der Waals surface area (Å²) in [7, 11) is -4.58. The molecule has 3 aliphatic heterocycles. The molecule has 0 amide bonds. The average Bonchev–Trinajstić information content (AvgIpc) is 3.66. The number of ether oxygens (including phenoxy) is 4. The standard InChI is InChI=1S/C33H40O4.C4H8O5S.H2/c1-20(2)9-8-10-22(5)12-14-27-26(15-16-29-33(27)36-19-35-29)30-18-28(34)32-24(7)25(13-11-21(3)4)23(6)17-31(32)37-30;5-10(6,7)9-4-2-1-3-8-4;/h9,11-12,15-17,30H,8,10,13-14,18-19H2,1-7H3;4H,1-3H2,(H,5,6,7);1H/p-1/b22-12+;;. The summed E-state index contributed by atoms with van der Waals surface area (Å²) in [5.41, 5.74) is 10.1. The van der Waals surface area contributed by atoms with E-state index in [1.54, 1.807) is 0 Å². The Hall–Kier alpha value is -3.44. The van der Waals surface area contributed by atoms with Crippen LogP contribution < -0.4 is 14.2 Å². The molecule has 47 heavy (non-hydrogen) atoms. The van der Waals surface area contributed by atoms with Gasteiger partial charge in [0, 0.05) is 25.6 Å². The Bertz CT molecular complexity index is 1660. The van der Waals surface area contributed by atoms with Gasteiger partial charge < -0.3 is 23.5 Å². The molecule has 5 rings (SSSR count). The molecule has 10 heteroatoms. The third kappa shape index (κ3) is 10.0. The molecule has 0 bridgehead atoms. The second-order valence-electron chi connectivity index (χ2n) is 12.8. The SMILES string of the molecule is CC(C)=CCC/C(C)=C/Cc1c(C2CC(=O)c3c(cc(C)c(CC=C(C)C)c3C)O2)ccc2c1OCO2.O=S(=O)([O-])OC1CCCO1.[HH]. The van der Waals surface area contributed by atoms with Crippen molar-refractivity contribution in [3.8, 4) is 17.2 Å². The topological polar surface area (TPSA) is 120 Å². The monoisotopic (exact) mass is 669 g/mol. The summed E-state index contributed by atoms with van der Waals surface area (Å²) in [5.74, 6) is 2.36. The normalized spacial score (nSPS) is 18.6. The van der Waals surface area contributed by atoms with Gasteiger partial charge in [0.05, 0.1) is 12.0 Å². The Morgan fingerprint density at radius 3 is 2.38 bits per heavy atom. The maximum absolute atomic E-state index is 13.5. The van der Waals surface area contributed by atoms with Crippen molar-refractivity contribution < 1.29 is 42.3 Å². The largest absolute Gasteiger partial charge is 0.725 e. The molecule has 3 heterocycles. The lowest BCUT2D eigenvalue weighted by Gasteiger charge is -2.29. The first-order valence-corrected chi connectivity index (χ1v) is 17.5. The molecule has 258 valence electrons. The number of carbonyl (C=O) groups excluding carboxylic acids is 1. The third-order valence-electron chi connectivity index (χ3n) is 8.42. The molecule has 2 atom stereocenters. The van der Waals surface area contributed by atoms with Crippen molar-refractivity contribution in [2.75, 3.05) is 13.4 Å². The Kier molecular flexibility index (Phi) is 12.5. The van der Waals surface area contributed by atoms with Crippen LogP contribution in [0.4, 0.5) is 0 Å². The Morgan fingerprint density at radius 1 is 1.00 bits per heavy atom. The predicted octanol–water partition coefficient (Wildman–Crippen LogP) is 8.33. The van der Waals surface area contributed by atoms with Crippen LogP contribution in [-0.4, -0.2) is 38.4 Å². The third-order valence-corrected chi connectivity index (χ3v) is 8.87. The van der Waals surface area contributed by atoms with Crippen molar-refractivity contribution in [1.82, 2.24) is 0 Å². The molecule has 0 spiro atoms. The number of hydrogen-bond acceptors (Lipinski definition) is 9. The number of rotatable bonds is 10. The highest BCUT2D eigenvalue weighted by Crippen LogP contribution is 2.45. The lowest BCUT2D eigenvalue weighted by atomic mass is 9.86. The first-order chi connectivity index (χ1) is 22.2. The predicted molar refractivity (Wildman–Crippen MR) is 182 cm³/mol. The Balaban J connectivity index is 0.000000487. The first-order valence-electron chi connectivity index (χ1n) is 16.2. The molecular weight excluding hydrogens is 620 g/mol. The molecule has 0 aromatic heterocycles. The highest BCUT2D eigenvalue weighted by atomic mass is 32.3. The van der Waals surface area contributed by atoms with E-state index >= 15 is 0 Å². The van der Waals surface area contributed by atoms with Gasteiger partial charge in [-0.1, -0.05) is 41.0 Å². The van der Waals surface area contributed by atoms with Crippen molar-refractivity contribution >= 4 is 16.2 Å². The van der Waals surface area contributed by atoms with Crippen LogP contribution in [0.3, 0.4) is 0 Å². The van der Waals surface area contributed by atoms with Gasteiger partial charge in [-0.2, -0.15) is 0 Å². The van der Waals surface area contributed by atoms with Gasteiger partial charge in [0.2, 0.25) is 17.2 Å². The lowest BCUT2D eigenvalue weighted by molar-refractivity contribution is -0.0414. The van der Waals surface area contributed by atoms with E-state index in [9.17, 15) is 17.8 Å². The molecule has 9 nitrogen and oxygen atoms in total. The van der Waals surface area contributed by atoms with E-state index < -0.39 is 16.7 Å². The van der Waals surface area contributed by atoms with Crippen molar-refractivity contribution in [1.29, 1.82) is 0 Å². The van der Waals surface area contributed by atoms with Gasteiger partial charge in [0.15, 0.2) is 23.6 Å². The highest BCUT2D eigenvalue weighted by Gasteiger charge is 2.33. The number of allylic oxidation sites excluding steroid dienone is 6. The zero-order valence-corrected chi connectivity index (χ0v) is 29.4. The minimum absolute atomic E-state index is 0. The average molecular weight is 670 g/mol. The van der Waals surface area contributed by atoms with Gasteiger partial charge in [0.1, 0.15) is 11.9 Å². The van der Waals surface area contributed by atoms with E-state index in [2.05, 4.69) is 70.9 Å². The second-order valence-corrected chi connectivity index (χ2v) is 13.8. The Morgan fingerprint density at radius 2 is 1.72 bits per heavy atom. The summed E-state index contributed by atoms with van der Waals surface area (Å²) >= 11 is 0. The fraction of sp³-hybridized carbons (Fsp3) is 0.486. The summed E-state index contributed by atoms with van der Waals surface area (Å²) in [6, 6.07) is 6.02. The fourth-order valence-corrected chi connectivity index (χ4v) is 6.38. The first kappa shape index (κ1) is 36.4. The molecule has 2 aromatic rings. The zero-order chi connectivity index (χ0) is 34.3. The summed E-state index contributed by atoms with van der Waals surface area (Å²) in [4.78, 5) is 13.5. The maximum atomic E-state index is 13.5. The zero-order valence-electron chi connectivity index (χ0n) is 28.6. The Labute approximate surface area is 281 Å². The molecule has 2 aromatic carbocycles. The number of hydrogen-bond donors (Lipinski definition) is 0. The maximum Gasteiger partial charge on any atom is 0.231 e. The number of ketones is 1. The minimum Gasteiger partial charge on any atom is -0.725 e. The van der Waals surface area contributed by atoms with Crippen LogP contribution >= 0.6 is 0 Å². The van der Waals surface area contributed by atoms with Crippen molar-refractivity contribution in [3.05, 3.63) is 86.5 Å². The van der Waals surface area contributed by atoms with Gasteiger partial charge in [0.25, 0.3) is 0 Å². The number of carbonyl (C=O) groups is 1. The van der Waals surface area contributed by atoms with E-state index in [1.165, 1.54) is 22.3 Å². The molecule has 3 aliphatic rings. The minimum atomic E-state index is -4.58. The lowest BCUT2D eigenvalue weighted by Crippen LogP contribution is -2.23. The van der Waals surface area contributed by atoms with Crippen molar-refractivity contribution in [2.45, 2.75) is 106 Å². The number of Topliss-reactive ketones (excluding diaryl/α,β-unsaturated/α-hetero) is 1. The van der Waals surface area contributed by atoms with E-state index in [1.807, 2.05) is 18.2 Å². The van der Waals surface area contributed by atoms with Gasteiger partial charge in [-0.25, -0.2) is 12.6 Å². The number of fused-ring (bicyclic) bond motifs is 2. The van der Waals surface area contributed by atoms with Gasteiger partial charge in [-0.3, -0.25) is 4.79 Å². The molecular formula is C37H49O9S-. The van der Waals surface area contributed by atoms with Crippen LogP contribution in [-0.2, 0) is 32.2 Å². The van der Waals surface area contributed by atoms with Gasteiger partial charge in [-0.05, 0) is 109 Å². The van der Waals surface area contributed by atoms with E-state index in [4.69, 9.17) is 18.9 Å². The smallest absolute Gasteiger partial charge is 0.231 e. The van der Waals surface area contributed by atoms with Crippen LogP contribution in [0.15, 0.2) is 53.1 Å². The molecule has 1 fully saturated rings. The molecule has 0 radical (unpaired) electrons. The van der Waals surface area contributed by atoms with Crippen LogP contribution in [0.5, 0.6) is 17.2 Å². The number of benzene rings is 2. The molecule has 0 N–H and O–H groups in total. The van der Waals surface area contributed by atoms with Crippen LogP contribution in [0.2, 0.25) is 0 Å². The van der Waals surface area contributed by atoms with Crippen LogP contribution in [0.1, 0.15) is 112 Å². The van der Waals surface area contributed by atoms with E-state index in [0.717, 1.165) is 65.0 Å². The summed E-state index contributed by atoms with van der Waals surface area (Å²) in [6.45, 7) is 15.5. The molecule has 1 saturated heterocycles. The van der Waals surface area contributed by atoms with Crippen LogP contribution in [0.25, 0.3) is 0 Å². The quantitative estimate of drug-likeness (QED) is 0.140. The summed E-state index contributed by atoms with van der Waals surface area (Å²) in [5, 5.41) is 0. The molecule has 0 saturated carbocycles. The van der Waals surface area contributed by atoms with Crippen LogP contribution in [0, 0.1) is 13.8 Å². The highest BCUT2D eigenvalue weighted by molar-refractivity contribution is 7.80. The molecule has 0 aliphatic carbocycles. The summed E-state index contributed by atoms with van der Waals surface area (Å²) < 4.78 is 56.7. The summed E-state index contributed by atoms with van der Waals surface area (Å²) in [6.07, 6.45) is 10.7. The van der Waals surface area contributed by atoms with Crippen molar-refractivity contribution in [3.63, 3.8) is 0 Å². The second kappa shape index (κ2) is 16.1. The molecule has 2 unspecified atom stereocenters. The van der Waals surface area contributed by atoms with E-state index in [0.29, 0.717) is 31.6 Å². The van der Waals surface area contributed by atoms with Gasteiger partial charge >= 0.3 is 0 Å². The van der Waals surface area contributed by atoms with Crippen molar-refractivity contribution in [2.24, 2.45) is 0 Å². The van der Waals surface area contributed by atoms with E-state index in [-0.39, 0.29) is 20.1 Å². The fourth-order valence-electron chi connectivity index (χ4n) is 5.97. The number of aryl methyl sites for hydroxylation is 1.